The fourth-order valence-corrected chi connectivity index (χ4v) is 2.55. The smallest absolute Gasteiger partial charge is 0.345 e. The number of hydrogen-bond acceptors (Lipinski definition) is 3. The van der Waals surface area contributed by atoms with Crippen LogP contribution in [0.3, 0.4) is 0 Å². The summed E-state index contributed by atoms with van der Waals surface area (Å²) < 4.78 is 5.73. The molecule has 1 aliphatic rings. The molecule has 2 aromatic rings. The summed E-state index contributed by atoms with van der Waals surface area (Å²) in [4.78, 5) is 12.2. The van der Waals surface area contributed by atoms with E-state index in [2.05, 4.69) is 0 Å². The Morgan fingerprint density at radius 1 is 1.28 bits per heavy atom. The Balaban J connectivity index is 1.87. The van der Waals surface area contributed by atoms with E-state index < -0.39 is 5.97 Å². The van der Waals surface area contributed by atoms with E-state index in [1.807, 2.05) is 30.3 Å². The molecule has 1 N–H and O–H groups in total. The first-order valence-corrected chi connectivity index (χ1v) is 6.64. The van der Waals surface area contributed by atoms with E-state index >= 15 is 0 Å². The van der Waals surface area contributed by atoms with E-state index in [-0.39, 0.29) is 0 Å². The van der Waals surface area contributed by atoms with E-state index in [1.165, 1.54) is 11.3 Å². The number of benzene rings is 1. The molecule has 0 spiro atoms. The first-order valence-electron chi connectivity index (χ1n) is 5.82. The highest BCUT2D eigenvalue weighted by atomic mass is 32.1. The third-order valence-corrected chi connectivity index (χ3v) is 3.88. The fraction of sp³-hybridized carbons (Fsp3) is 0.214. The van der Waals surface area contributed by atoms with Crippen molar-refractivity contribution in [1.82, 2.24) is 0 Å². The highest BCUT2D eigenvalue weighted by molar-refractivity contribution is 7.17. The SMILES string of the molecule is O=C(O)c1ccc(-c2cccc(OC3CC3)c2)s1. The molecule has 0 atom stereocenters. The number of carbonyl (C=O) groups is 1. The van der Waals surface area contributed by atoms with Gasteiger partial charge in [0.15, 0.2) is 0 Å². The molecule has 0 radical (unpaired) electrons. The lowest BCUT2D eigenvalue weighted by atomic mass is 10.2. The third-order valence-electron chi connectivity index (χ3n) is 2.76. The van der Waals surface area contributed by atoms with Gasteiger partial charge in [-0.1, -0.05) is 12.1 Å². The highest BCUT2D eigenvalue weighted by Crippen LogP contribution is 2.32. The lowest BCUT2D eigenvalue weighted by molar-refractivity contribution is 0.0702. The van der Waals surface area contributed by atoms with Crippen LogP contribution in [0.5, 0.6) is 5.75 Å². The van der Waals surface area contributed by atoms with Crippen molar-refractivity contribution >= 4 is 17.3 Å². The molecule has 1 aliphatic carbocycles. The van der Waals surface area contributed by atoms with Crippen LogP contribution in [0.4, 0.5) is 0 Å². The minimum atomic E-state index is -0.878. The molecule has 1 aromatic carbocycles. The van der Waals surface area contributed by atoms with Crippen molar-refractivity contribution in [3.8, 4) is 16.2 Å². The highest BCUT2D eigenvalue weighted by Gasteiger charge is 2.23. The monoisotopic (exact) mass is 260 g/mol. The largest absolute Gasteiger partial charge is 0.490 e. The Morgan fingerprint density at radius 3 is 2.78 bits per heavy atom. The predicted octanol–water partition coefficient (Wildman–Crippen LogP) is 3.65. The van der Waals surface area contributed by atoms with Crippen LogP contribution in [0.15, 0.2) is 36.4 Å². The van der Waals surface area contributed by atoms with Crippen LogP contribution < -0.4 is 4.74 Å². The van der Waals surface area contributed by atoms with E-state index in [0.717, 1.165) is 29.0 Å². The molecule has 0 saturated heterocycles. The van der Waals surface area contributed by atoms with Gasteiger partial charge in [-0.05, 0) is 42.7 Å². The Kier molecular flexibility index (Phi) is 2.80. The van der Waals surface area contributed by atoms with Crippen molar-refractivity contribution in [3.05, 3.63) is 41.3 Å². The fourth-order valence-electron chi connectivity index (χ4n) is 1.71. The summed E-state index contributed by atoms with van der Waals surface area (Å²) in [7, 11) is 0. The van der Waals surface area contributed by atoms with Crippen LogP contribution in [-0.2, 0) is 0 Å². The van der Waals surface area contributed by atoms with Crippen LogP contribution in [-0.4, -0.2) is 17.2 Å². The molecular formula is C14H12O3S. The number of rotatable bonds is 4. The summed E-state index contributed by atoms with van der Waals surface area (Å²) in [6.07, 6.45) is 2.64. The van der Waals surface area contributed by atoms with Gasteiger partial charge in [-0.15, -0.1) is 11.3 Å². The molecule has 1 saturated carbocycles. The quantitative estimate of drug-likeness (QED) is 0.912. The van der Waals surface area contributed by atoms with Gasteiger partial charge in [0, 0.05) is 4.88 Å². The summed E-state index contributed by atoms with van der Waals surface area (Å²) in [6.45, 7) is 0. The first-order chi connectivity index (χ1) is 8.72. The third kappa shape index (κ3) is 2.38. The van der Waals surface area contributed by atoms with Gasteiger partial charge in [0.1, 0.15) is 10.6 Å². The normalized spacial score (nSPS) is 14.4. The number of thiophene rings is 1. The number of ether oxygens (including phenoxy) is 1. The van der Waals surface area contributed by atoms with Crippen LogP contribution in [0.25, 0.3) is 10.4 Å². The summed E-state index contributed by atoms with van der Waals surface area (Å²) in [5.74, 6) is -0.0167. The summed E-state index contributed by atoms with van der Waals surface area (Å²) in [6, 6.07) is 11.3. The van der Waals surface area contributed by atoms with Crippen molar-refractivity contribution in [2.75, 3.05) is 0 Å². The van der Waals surface area contributed by atoms with Gasteiger partial charge in [0.2, 0.25) is 0 Å². The Morgan fingerprint density at radius 2 is 2.11 bits per heavy atom. The second kappa shape index (κ2) is 4.46. The molecule has 18 heavy (non-hydrogen) atoms. The van der Waals surface area contributed by atoms with Crippen molar-refractivity contribution in [3.63, 3.8) is 0 Å². The molecule has 0 aliphatic heterocycles. The van der Waals surface area contributed by atoms with Gasteiger partial charge in [0.05, 0.1) is 6.10 Å². The van der Waals surface area contributed by atoms with Gasteiger partial charge in [-0.25, -0.2) is 4.79 Å². The Bertz CT molecular complexity index is 584. The van der Waals surface area contributed by atoms with Crippen LogP contribution in [0.2, 0.25) is 0 Å². The van der Waals surface area contributed by atoms with Gasteiger partial charge in [0.25, 0.3) is 0 Å². The molecule has 4 heteroatoms. The maximum Gasteiger partial charge on any atom is 0.345 e. The van der Waals surface area contributed by atoms with Gasteiger partial charge in [-0.2, -0.15) is 0 Å². The maximum atomic E-state index is 10.9. The van der Waals surface area contributed by atoms with E-state index in [4.69, 9.17) is 9.84 Å². The summed E-state index contributed by atoms with van der Waals surface area (Å²) in [5, 5.41) is 8.91. The number of hydrogen-bond donors (Lipinski definition) is 1. The molecule has 3 nitrogen and oxygen atoms in total. The topological polar surface area (TPSA) is 46.5 Å². The van der Waals surface area contributed by atoms with E-state index in [1.54, 1.807) is 6.07 Å². The average Bonchev–Trinajstić information content (AvgIpc) is 3.03. The van der Waals surface area contributed by atoms with E-state index in [9.17, 15) is 4.79 Å². The van der Waals surface area contributed by atoms with E-state index in [0.29, 0.717) is 11.0 Å². The van der Waals surface area contributed by atoms with Crippen molar-refractivity contribution < 1.29 is 14.6 Å². The minimum Gasteiger partial charge on any atom is -0.490 e. The molecule has 92 valence electrons. The average molecular weight is 260 g/mol. The van der Waals surface area contributed by atoms with Crippen molar-refractivity contribution in [1.29, 1.82) is 0 Å². The molecule has 0 unspecified atom stereocenters. The second-order valence-electron chi connectivity index (χ2n) is 4.31. The summed E-state index contributed by atoms with van der Waals surface area (Å²) >= 11 is 1.28. The number of aromatic carboxylic acids is 1. The molecule has 0 amide bonds. The minimum absolute atomic E-state index is 0.360. The van der Waals surface area contributed by atoms with Gasteiger partial charge in [-0.3, -0.25) is 0 Å². The van der Waals surface area contributed by atoms with Gasteiger partial charge >= 0.3 is 5.97 Å². The van der Waals surface area contributed by atoms with Gasteiger partial charge < -0.3 is 9.84 Å². The molecule has 3 rings (SSSR count). The zero-order valence-electron chi connectivity index (χ0n) is 9.63. The zero-order chi connectivity index (χ0) is 12.5. The lowest BCUT2D eigenvalue weighted by Crippen LogP contribution is -1.95. The Labute approximate surface area is 109 Å². The summed E-state index contributed by atoms with van der Waals surface area (Å²) in [5.41, 5.74) is 1.01. The van der Waals surface area contributed by atoms with Crippen molar-refractivity contribution in [2.24, 2.45) is 0 Å². The zero-order valence-corrected chi connectivity index (χ0v) is 10.4. The van der Waals surface area contributed by atoms with Crippen LogP contribution in [0, 0.1) is 0 Å². The predicted molar refractivity (Wildman–Crippen MR) is 70.4 cm³/mol. The molecule has 1 heterocycles. The van der Waals surface area contributed by atoms with Crippen LogP contribution >= 0.6 is 11.3 Å². The molecule has 1 fully saturated rings. The molecular weight excluding hydrogens is 248 g/mol. The van der Waals surface area contributed by atoms with Crippen LogP contribution in [0.1, 0.15) is 22.5 Å². The number of carboxylic acids is 1. The Hall–Kier alpha value is -1.81. The molecule has 0 bridgehead atoms. The lowest BCUT2D eigenvalue weighted by Gasteiger charge is -2.05. The maximum absolute atomic E-state index is 10.9. The molecule has 1 aromatic heterocycles. The number of carboxylic acid groups (broad SMARTS) is 1. The standard InChI is InChI=1S/C14H12O3S/c15-14(16)13-7-6-12(18-13)9-2-1-3-11(8-9)17-10-4-5-10/h1-3,6-8,10H,4-5H2,(H,15,16). The van der Waals surface area contributed by atoms with Crippen molar-refractivity contribution in [2.45, 2.75) is 18.9 Å². The first kappa shape index (κ1) is 11.3. The second-order valence-corrected chi connectivity index (χ2v) is 5.40.